The Kier molecular flexibility index (Phi) is 7.05. The van der Waals surface area contributed by atoms with Gasteiger partial charge in [-0.15, -0.1) is 0 Å². The number of halogens is 3. The zero-order chi connectivity index (χ0) is 20.8. The van der Waals surface area contributed by atoms with Gasteiger partial charge in [0.2, 0.25) is 0 Å². The normalized spacial score (nSPS) is 10.5. The number of imide groups is 1. The van der Waals surface area contributed by atoms with Gasteiger partial charge >= 0.3 is 12.6 Å². The third-order valence-corrected chi connectivity index (χ3v) is 3.96. The topological polar surface area (TPSA) is 102 Å². The Morgan fingerprint density at radius 2 is 1.82 bits per heavy atom. The van der Waals surface area contributed by atoms with E-state index in [2.05, 4.69) is 20.7 Å². The molecule has 0 aliphatic heterocycles. The molecule has 0 bridgehead atoms. The lowest BCUT2D eigenvalue weighted by Crippen LogP contribution is -2.34. The van der Waals surface area contributed by atoms with E-state index in [1.165, 1.54) is 18.2 Å². The summed E-state index contributed by atoms with van der Waals surface area (Å²) < 4.78 is 33.4. The molecule has 0 fully saturated rings. The highest BCUT2D eigenvalue weighted by Gasteiger charge is 2.18. The Labute approximate surface area is 166 Å². The van der Waals surface area contributed by atoms with E-state index < -0.39 is 31.0 Å². The first-order chi connectivity index (χ1) is 13.2. The third kappa shape index (κ3) is 5.74. The number of carbonyl (C=O) groups is 3. The van der Waals surface area contributed by atoms with Crippen molar-refractivity contribution in [2.45, 2.75) is 13.5 Å². The summed E-state index contributed by atoms with van der Waals surface area (Å²) in [6, 6.07) is 7.64. The molecule has 2 N–H and O–H groups in total. The maximum Gasteiger partial charge on any atom is 0.387 e. The van der Waals surface area contributed by atoms with Crippen LogP contribution in [-0.2, 0) is 9.53 Å². The van der Waals surface area contributed by atoms with Gasteiger partial charge in [0, 0.05) is 5.56 Å². The fraction of sp³-hybridized carbons (Fsp3) is 0.167. The van der Waals surface area contributed by atoms with E-state index in [4.69, 9.17) is 4.74 Å². The van der Waals surface area contributed by atoms with Crippen LogP contribution in [0.1, 0.15) is 26.3 Å². The second kappa shape index (κ2) is 9.27. The fourth-order valence-electron chi connectivity index (χ4n) is 2.12. The molecule has 0 spiro atoms. The molecule has 0 saturated carbocycles. The summed E-state index contributed by atoms with van der Waals surface area (Å²) in [7, 11) is 0. The number of phenolic OH excluding ortho intramolecular Hbond substituents is 1. The number of phenols is 1. The Morgan fingerprint density at radius 3 is 2.43 bits per heavy atom. The van der Waals surface area contributed by atoms with Crippen LogP contribution in [0.3, 0.4) is 0 Å². The molecule has 28 heavy (non-hydrogen) atoms. The van der Waals surface area contributed by atoms with Gasteiger partial charge in [0.25, 0.3) is 11.8 Å². The highest BCUT2D eigenvalue weighted by atomic mass is 79.9. The van der Waals surface area contributed by atoms with Crippen molar-refractivity contribution in [1.29, 1.82) is 0 Å². The quantitative estimate of drug-likeness (QED) is 0.645. The molecule has 0 aliphatic carbocycles. The van der Waals surface area contributed by atoms with Crippen LogP contribution in [0, 0.1) is 6.92 Å². The molecular formula is C18H14BrF2NO6. The van der Waals surface area contributed by atoms with Crippen LogP contribution in [0.4, 0.5) is 8.78 Å². The zero-order valence-electron chi connectivity index (χ0n) is 14.4. The third-order valence-electron chi connectivity index (χ3n) is 3.36. The monoisotopic (exact) mass is 457 g/mol. The Hall–Kier alpha value is -3.01. The number of rotatable bonds is 6. The van der Waals surface area contributed by atoms with Gasteiger partial charge in [-0.05, 0) is 64.8 Å². The molecule has 0 atom stereocenters. The molecule has 0 heterocycles. The van der Waals surface area contributed by atoms with Crippen LogP contribution in [0.5, 0.6) is 11.5 Å². The average Bonchev–Trinajstić information content (AvgIpc) is 2.62. The standard InChI is InChI=1S/C18H14BrF2NO6/c1-9-6-12(15(24)13(19)7-9)17(26)27-8-14(23)22-16(25)10-2-4-11(5-3-10)28-18(20)21/h2-7,18,24H,8H2,1H3,(H,22,23,25). The zero-order valence-corrected chi connectivity index (χ0v) is 16.0. The van der Waals surface area contributed by atoms with Crippen molar-refractivity contribution in [3.05, 3.63) is 57.6 Å². The van der Waals surface area contributed by atoms with Gasteiger partial charge in [-0.2, -0.15) is 8.78 Å². The predicted molar refractivity (Wildman–Crippen MR) is 96.4 cm³/mol. The van der Waals surface area contributed by atoms with Gasteiger partial charge in [-0.3, -0.25) is 14.9 Å². The lowest BCUT2D eigenvalue weighted by atomic mass is 10.1. The maximum atomic E-state index is 12.1. The smallest absolute Gasteiger partial charge is 0.387 e. The van der Waals surface area contributed by atoms with E-state index in [0.29, 0.717) is 10.0 Å². The van der Waals surface area contributed by atoms with Crippen molar-refractivity contribution >= 4 is 33.7 Å². The molecule has 148 valence electrons. The van der Waals surface area contributed by atoms with Crippen molar-refractivity contribution in [2.24, 2.45) is 0 Å². The fourth-order valence-corrected chi connectivity index (χ4v) is 2.70. The summed E-state index contributed by atoms with van der Waals surface area (Å²) in [5.41, 5.74) is 0.553. The first-order valence-corrected chi connectivity index (χ1v) is 8.52. The second-order valence-corrected chi connectivity index (χ2v) is 6.35. The van der Waals surface area contributed by atoms with E-state index in [9.17, 15) is 28.3 Å². The molecule has 2 aromatic carbocycles. The number of carbonyl (C=O) groups excluding carboxylic acids is 3. The van der Waals surface area contributed by atoms with Crippen LogP contribution in [0.2, 0.25) is 0 Å². The number of alkyl halides is 2. The molecular weight excluding hydrogens is 444 g/mol. The van der Waals surface area contributed by atoms with Gasteiger partial charge in [0.05, 0.1) is 4.47 Å². The largest absolute Gasteiger partial charge is 0.506 e. The lowest BCUT2D eigenvalue weighted by molar-refractivity contribution is -0.123. The predicted octanol–water partition coefficient (Wildman–Crippen LogP) is 3.18. The number of amides is 2. The SMILES string of the molecule is Cc1cc(Br)c(O)c(C(=O)OCC(=O)NC(=O)c2ccc(OC(F)F)cc2)c1. The highest BCUT2D eigenvalue weighted by molar-refractivity contribution is 9.10. The minimum Gasteiger partial charge on any atom is -0.506 e. The van der Waals surface area contributed by atoms with Crippen molar-refractivity contribution in [3.8, 4) is 11.5 Å². The van der Waals surface area contributed by atoms with Crippen LogP contribution < -0.4 is 10.1 Å². The number of aromatic hydroxyl groups is 1. The summed E-state index contributed by atoms with van der Waals surface area (Å²) in [5.74, 6) is -3.14. The summed E-state index contributed by atoms with van der Waals surface area (Å²) >= 11 is 3.09. The van der Waals surface area contributed by atoms with Crippen LogP contribution in [-0.4, -0.2) is 36.1 Å². The van der Waals surface area contributed by atoms with E-state index >= 15 is 0 Å². The molecule has 0 unspecified atom stereocenters. The van der Waals surface area contributed by atoms with Crippen molar-refractivity contribution in [2.75, 3.05) is 6.61 Å². The molecule has 0 radical (unpaired) electrons. The highest BCUT2D eigenvalue weighted by Crippen LogP contribution is 2.29. The number of esters is 1. The Balaban J connectivity index is 1.91. The van der Waals surface area contributed by atoms with Crippen LogP contribution in [0.25, 0.3) is 0 Å². The van der Waals surface area contributed by atoms with E-state index in [1.54, 1.807) is 13.0 Å². The minimum atomic E-state index is -3.00. The summed E-state index contributed by atoms with van der Waals surface area (Å²) in [6.45, 7) is -2.06. The van der Waals surface area contributed by atoms with Gasteiger partial charge in [0.1, 0.15) is 17.1 Å². The second-order valence-electron chi connectivity index (χ2n) is 5.50. The number of hydrogen-bond donors (Lipinski definition) is 2. The first kappa shape index (κ1) is 21.3. The number of ether oxygens (including phenoxy) is 2. The minimum absolute atomic E-state index is 0.0153. The van der Waals surface area contributed by atoms with Gasteiger partial charge < -0.3 is 14.6 Å². The molecule has 7 nitrogen and oxygen atoms in total. The lowest BCUT2D eigenvalue weighted by Gasteiger charge is -2.09. The molecule has 0 saturated heterocycles. The van der Waals surface area contributed by atoms with Crippen molar-refractivity contribution in [3.63, 3.8) is 0 Å². The molecule has 2 rings (SSSR count). The molecule has 0 aromatic heterocycles. The number of benzene rings is 2. The molecule has 2 amide bonds. The van der Waals surface area contributed by atoms with E-state index in [1.807, 2.05) is 5.32 Å². The van der Waals surface area contributed by atoms with Crippen LogP contribution >= 0.6 is 15.9 Å². The summed E-state index contributed by atoms with van der Waals surface area (Å²) in [6.07, 6.45) is 0. The first-order valence-electron chi connectivity index (χ1n) is 7.72. The molecule has 2 aromatic rings. The van der Waals surface area contributed by atoms with Gasteiger partial charge in [-0.25, -0.2) is 4.79 Å². The molecule has 10 heteroatoms. The van der Waals surface area contributed by atoms with Crippen LogP contribution in [0.15, 0.2) is 40.9 Å². The average molecular weight is 458 g/mol. The Bertz CT molecular complexity index is 902. The van der Waals surface area contributed by atoms with Gasteiger partial charge in [-0.1, -0.05) is 0 Å². The van der Waals surface area contributed by atoms with Gasteiger partial charge in [0.15, 0.2) is 6.61 Å². The molecule has 0 aliphatic rings. The number of aryl methyl sites for hydroxylation is 1. The summed E-state index contributed by atoms with van der Waals surface area (Å²) in [4.78, 5) is 35.7. The number of nitrogens with one attached hydrogen (secondary N) is 1. The van der Waals surface area contributed by atoms with E-state index in [-0.39, 0.29) is 22.6 Å². The van der Waals surface area contributed by atoms with E-state index in [0.717, 1.165) is 12.1 Å². The van der Waals surface area contributed by atoms with Crippen molar-refractivity contribution in [1.82, 2.24) is 5.32 Å². The Morgan fingerprint density at radius 1 is 1.18 bits per heavy atom. The van der Waals surface area contributed by atoms with Crippen molar-refractivity contribution < 1.29 is 37.7 Å². The maximum absolute atomic E-state index is 12.1. The number of hydrogen-bond acceptors (Lipinski definition) is 6. The summed E-state index contributed by atoms with van der Waals surface area (Å²) in [5, 5.41) is 11.9.